The van der Waals surface area contributed by atoms with Gasteiger partial charge in [-0.2, -0.15) is 10.5 Å². The summed E-state index contributed by atoms with van der Waals surface area (Å²) in [6.07, 6.45) is 2.75. The average Bonchev–Trinajstić information content (AvgIpc) is 2.55. The normalized spacial score (nSPS) is 16.0. The number of nitrogens with zero attached hydrogens (tertiary/aromatic N) is 2. The van der Waals surface area contributed by atoms with Gasteiger partial charge in [0.05, 0.1) is 29.2 Å². The Kier molecular flexibility index (Phi) is 5.27. The first-order valence-corrected chi connectivity index (χ1v) is 7.85. The maximum absolute atomic E-state index is 9.43. The Balaban J connectivity index is 2.46. The number of dihydropyridines is 1. The monoisotopic (exact) mass is 323 g/mol. The van der Waals surface area contributed by atoms with Gasteiger partial charge in [-0.25, -0.2) is 0 Å². The van der Waals surface area contributed by atoms with Crippen molar-refractivity contribution in [1.82, 2.24) is 5.32 Å². The van der Waals surface area contributed by atoms with Crippen molar-refractivity contribution in [3.05, 3.63) is 64.0 Å². The van der Waals surface area contributed by atoms with E-state index in [1.54, 1.807) is 6.08 Å². The van der Waals surface area contributed by atoms with Crippen LogP contribution in [0.4, 0.5) is 0 Å². The van der Waals surface area contributed by atoms with Crippen LogP contribution in [0.15, 0.2) is 52.9 Å². The minimum atomic E-state index is -0.412. The summed E-state index contributed by atoms with van der Waals surface area (Å²) < 4.78 is 0. The SMILES string of the molecule is CCc1ccc(C(Cl)=CC2C(C#N)=C(C)NC(C)=C2C#N)cc1. The molecule has 0 aliphatic carbocycles. The van der Waals surface area contributed by atoms with Crippen LogP contribution in [0, 0.1) is 28.6 Å². The fourth-order valence-electron chi connectivity index (χ4n) is 2.64. The van der Waals surface area contributed by atoms with Gasteiger partial charge in [0.15, 0.2) is 0 Å². The number of benzene rings is 1. The Morgan fingerprint density at radius 2 is 1.65 bits per heavy atom. The molecule has 0 amide bonds. The first kappa shape index (κ1) is 16.9. The highest BCUT2D eigenvalue weighted by Gasteiger charge is 2.26. The lowest BCUT2D eigenvalue weighted by molar-refractivity contribution is 0.799. The summed E-state index contributed by atoms with van der Waals surface area (Å²) in [5.41, 5.74) is 4.69. The van der Waals surface area contributed by atoms with E-state index in [1.165, 1.54) is 5.56 Å². The van der Waals surface area contributed by atoms with E-state index >= 15 is 0 Å². The molecule has 0 saturated carbocycles. The topological polar surface area (TPSA) is 59.6 Å². The average molecular weight is 324 g/mol. The zero-order valence-electron chi connectivity index (χ0n) is 13.4. The third-order valence-corrected chi connectivity index (χ3v) is 4.34. The molecule has 1 aliphatic heterocycles. The van der Waals surface area contributed by atoms with Crippen molar-refractivity contribution >= 4 is 16.6 Å². The third-order valence-electron chi connectivity index (χ3n) is 4.00. The lowest BCUT2D eigenvalue weighted by Gasteiger charge is -2.24. The predicted octanol–water partition coefficient (Wildman–Crippen LogP) is 4.64. The van der Waals surface area contributed by atoms with Crippen molar-refractivity contribution in [2.75, 3.05) is 0 Å². The Labute approximate surface area is 142 Å². The van der Waals surface area contributed by atoms with Crippen LogP contribution in [0.2, 0.25) is 0 Å². The molecule has 1 heterocycles. The molecule has 0 bridgehead atoms. The van der Waals surface area contributed by atoms with Crippen LogP contribution in [0.25, 0.3) is 5.03 Å². The molecule has 4 heteroatoms. The molecule has 116 valence electrons. The largest absolute Gasteiger partial charge is 0.361 e. The zero-order chi connectivity index (χ0) is 17.0. The van der Waals surface area contributed by atoms with Crippen LogP contribution >= 0.6 is 11.6 Å². The number of aryl methyl sites for hydroxylation is 1. The summed E-state index contributed by atoms with van der Waals surface area (Å²) in [6, 6.07) is 12.4. The highest BCUT2D eigenvalue weighted by Crippen LogP contribution is 2.33. The lowest BCUT2D eigenvalue weighted by atomic mass is 9.86. The number of nitriles is 2. The molecule has 0 fully saturated rings. The Morgan fingerprint density at radius 1 is 1.13 bits per heavy atom. The molecule has 0 spiro atoms. The van der Waals surface area contributed by atoms with E-state index in [1.807, 2.05) is 38.1 Å². The molecule has 0 radical (unpaired) electrons. The molecule has 1 N–H and O–H groups in total. The van der Waals surface area contributed by atoms with Crippen molar-refractivity contribution < 1.29 is 0 Å². The Bertz CT molecular complexity index is 747. The van der Waals surface area contributed by atoms with Gasteiger partial charge in [0.25, 0.3) is 0 Å². The van der Waals surface area contributed by atoms with E-state index in [9.17, 15) is 10.5 Å². The first-order chi connectivity index (χ1) is 11.0. The smallest absolute Gasteiger partial charge is 0.0975 e. The minimum absolute atomic E-state index is 0.412. The van der Waals surface area contributed by atoms with Crippen LogP contribution in [0.3, 0.4) is 0 Å². The quantitative estimate of drug-likeness (QED) is 0.881. The molecule has 23 heavy (non-hydrogen) atoms. The maximum atomic E-state index is 9.43. The second-order valence-electron chi connectivity index (χ2n) is 5.47. The molecule has 2 rings (SSSR count). The van der Waals surface area contributed by atoms with E-state index in [2.05, 4.69) is 24.4 Å². The van der Waals surface area contributed by atoms with Gasteiger partial charge in [0.2, 0.25) is 0 Å². The third kappa shape index (κ3) is 3.47. The Hall–Kier alpha value is -2.49. The van der Waals surface area contributed by atoms with Crippen molar-refractivity contribution in [2.45, 2.75) is 27.2 Å². The Morgan fingerprint density at radius 3 is 2.09 bits per heavy atom. The molecule has 0 saturated heterocycles. The highest BCUT2D eigenvalue weighted by atomic mass is 35.5. The van der Waals surface area contributed by atoms with Gasteiger partial charge in [-0.3, -0.25) is 0 Å². The van der Waals surface area contributed by atoms with Crippen molar-refractivity contribution in [3.63, 3.8) is 0 Å². The number of rotatable bonds is 3. The van der Waals surface area contributed by atoms with Crippen LogP contribution in [0.5, 0.6) is 0 Å². The lowest BCUT2D eigenvalue weighted by Crippen LogP contribution is -2.23. The summed E-state index contributed by atoms with van der Waals surface area (Å²) in [7, 11) is 0. The van der Waals surface area contributed by atoms with Crippen LogP contribution < -0.4 is 5.32 Å². The van der Waals surface area contributed by atoms with Gasteiger partial charge in [0.1, 0.15) is 0 Å². The minimum Gasteiger partial charge on any atom is -0.361 e. The van der Waals surface area contributed by atoms with Gasteiger partial charge in [-0.1, -0.05) is 48.9 Å². The fourth-order valence-corrected chi connectivity index (χ4v) is 2.89. The summed E-state index contributed by atoms with van der Waals surface area (Å²) in [4.78, 5) is 0. The van der Waals surface area contributed by atoms with E-state index in [4.69, 9.17) is 11.6 Å². The van der Waals surface area contributed by atoms with Crippen molar-refractivity contribution in [2.24, 2.45) is 5.92 Å². The summed E-state index contributed by atoms with van der Waals surface area (Å²) in [5.74, 6) is -0.412. The standard InChI is InChI=1S/C19H18ClN3/c1-4-14-5-7-15(8-6-14)19(20)9-16-17(10-21)12(2)23-13(3)18(16)11-22/h5-9,16,23H,4H2,1-3H3. The summed E-state index contributed by atoms with van der Waals surface area (Å²) >= 11 is 6.45. The van der Waals surface area contributed by atoms with Gasteiger partial charge in [-0.05, 0) is 31.4 Å². The highest BCUT2D eigenvalue weighted by molar-refractivity contribution is 6.48. The number of hydrogen-bond donors (Lipinski definition) is 1. The zero-order valence-corrected chi connectivity index (χ0v) is 14.2. The second-order valence-corrected chi connectivity index (χ2v) is 5.88. The molecule has 1 aromatic rings. The molecule has 1 aliphatic rings. The van der Waals surface area contributed by atoms with Crippen molar-refractivity contribution in [1.29, 1.82) is 10.5 Å². The second kappa shape index (κ2) is 7.18. The van der Waals surface area contributed by atoms with Gasteiger partial charge >= 0.3 is 0 Å². The van der Waals surface area contributed by atoms with E-state index < -0.39 is 5.92 Å². The van der Waals surface area contributed by atoms with Crippen molar-refractivity contribution in [3.8, 4) is 12.1 Å². The molecule has 0 atom stereocenters. The van der Waals surface area contributed by atoms with E-state index in [-0.39, 0.29) is 0 Å². The molecular formula is C19H18ClN3. The molecular weight excluding hydrogens is 306 g/mol. The number of allylic oxidation sites excluding steroid dienone is 5. The van der Waals surface area contributed by atoms with E-state index in [0.717, 1.165) is 23.4 Å². The van der Waals surface area contributed by atoms with Gasteiger partial charge in [-0.15, -0.1) is 0 Å². The number of nitrogens with one attached hydrogen (secondary N) is 1. The predicted molar refractivity (Wildman–Crippen MR) is 92.9 cm³/mol. The van der Waals surface area contributed by atoms with Crippen LogP contribution in [0.1, 0.15) is 31.9 Å². The van der Waals surface area contributed by atoms with Gasteiger partial charge < -0.3 is 5.32 Å². The maximum Gasteiger partial charge on any atom is 0.0975 e. The van der Waals surface area contributed by atoms with Crippen LogP contribution in [-0.2, 0) is 6.42 Å². The molecule has 1 aromatic carbocycles. The fraction of sp³-hybridized carbons (Fsp3) is 0.263. The molecule has 0 unspecified atom stereocenters. The number of hydrogen-bond acceptors (Lipinski definition) is 3. The van der Waals surface area contributed by atoms with Gasteiger partial charge in [0, 0.05) is 16.4 Å². The summed E-state index contributed by atoms with van der Waals surface area (Å²) in [5, 5.41) is 22.5. The van der Waals surface area contributed by atoms with Crippen LogP contribution in [-0.4, -0.2) is 0 Å². The molecule has 3 nitrogen and oxygen atoms in total. The molecule has 0 aromatic heterocycles. The van der Waals surface area contributed by atoms with E-state index in [0.29, 0.717) is 16.2 Å². The number of halogens is 1. The summed E-state index contributed by atoms with van der Waals surface area (Å²) in [6.45, 7) is 5.77. The first-order valence-electron chi connectivity index (χ1n) is 7.47.